The number of allylic oxidation sites excluding steroid dienone is 3. The SMILES string of the molecule is C1=CCC(C2N=C(c3cccc4c3sc3ccccc34)NC(c3cccc4c3oc3c(-c5cccc6oc7ccccc7c56)cccc34)N2)C=C1. The van der Waals surface area contributed by atoms with E-state index in [0.717, 1.165) is 78.4 Å². The first-order valence-electron chi connectivity index (χ1n) is 17.5. The van der Waals surface area contributed by atoms with Crippen molar-refractivity contribution in [3.05, 3.63) is 157 Å². The Morgan fingerprint density at radius 1 is 0.608 bits per heavy atom. The summed E-state index contributed by atoms with van der Waals surface area (Å²) in [5.74, 6) is 1.12. The Bertz CT molecular complexity index is 2940. The van der Waals surface area contributed by atoms with Gasteiger partial charge in [0, 0.05) is 64.3 Å². The molecule has 244 valence electrons. The van der Waals surface area contributed by atoms with Crippen LogP contribution in [-0.2, 0) is 0 Å². The molecule has 0 fully saturated rings. The van der Waals surface area contributed by atoms with Gasteiger partial charge in [-0.15, -0.1) is 11.3 Å². The third-order valence-electron chi connectivity index (χ3n) is 10.5. The number of thiophene rings is 1. The minimum Gasteiger partial charge on any atom is -0.456 e. The highest BCUT2D eigenvalue weighted by Crippen LogP contribution is 2.43. The Balaban J connectivity index is 1.08. The van der Waals surface area contributed by atoms with E-state index in [9.17, 15) is 0 Å². The van der Waals surface area contributed by atoms with Gasteiger partial charge in [-0.3, -0.25) is 5.32 Å². The van der Waals surface area contributed by atoms with Crippen LogP contribution in [0.5, 0.6) is 0 Å². The van der Waals surface area contributed by atoms with Crippen molar-refractivity contribution in [2.24, 2.45) is 10.9 Å². The number of para-hydroxylation sites is 3. The number of amidine groups is 1. The lowest BCUT2D eigenvalue weighted by Gasteiger charge is -2.35. The Morgan fingerprint density at radius 2 is 1.33 bits per heavy atom. The largest absolute Gasteiger partial charge is 0.456 e. The van der Waals surface area contributed by atoms with Crippen molar-refractivity contribution in [3.8, 4) is 11.1 Å². The summed E-state index contributed by atoms with van der Waals surface area (Å²) >= 11 is 1.83. The number of aliphatic imine (C=N–C) groups is 1. The summed E-state index contributed by atoms with van der Waals surface area (Å²) in [6.07, 6.45) is 9.33. The van der Waals surface area contributed by atoms with Crippen LogP contribution < -0.4 is 10.6 Å². The van der Waals surface area contributed by atoms with Gasteiger partial charge in [-0.2, -0.15) is 0 Å². The molecule has 3 unspecified atom stereocenters. The van der Waals surface area contributed by atoms with Gasteiger partial charge < -0.3 is 14.2 Å². The molecule has 2 N–H and O–H groups in total. The fourth-order valence-corrected chi connectivity index (χ4v) is 9.36. The van der Waals surface area contributed by atoms with Gasteiger partial charge in [-0.25, -0.2) is 4.99 Å². The number of nitrogens with zero attached hydrogens (tertiary/aromatic N) is 1. The molecule has 11 rings (SSSR count). The van der Waals surface area contributed by atoms with E-state index >= 15 is 0 Å². The molecule has 6 heteroatoms. The van der Waals surface area contributed by atoms with Crippen LogP contribution in [0.1, 0.15) is 23.7 Å². The maximum absolute atomic E-state index is 7.02. The Labute approximate surface area is 297 Å². The zero-order valence-electron chi connectivity index (χ0n) is 27.5. The van der Waals surface area contributed by atoms with E-state index in [0.29, 0.717) is 0 Å². The molecular weight excluding hydrogens is 647 g/mol. The van der Waals surface area contributed by atoms with Crippen LogP contribution in [-0.4, -0.2) is 12.0 Å². The lowest BCUT2D eigenvalue weighted by Crippen LogP contribution is -2.50. The summed E-state index contributed by atoms with van der Waals surface area (Å²) in [6.45, 7) is 0. The molecular formula is C45H31N3O2S. The maximum atomic E-state index is 7.02. The third-order valence-corrected chi connectivity index (χ3v) is 11.7. The summed E-state index contributed by atoms with van der Waals surface area (Å²) in [5, 5.41) is 14.7. The number of fused-ring (bicyclic) bond motifs is 9. The number of rotatable bonds is 4. The van der Waals surface area contributed by atoms with Crippen LogP contribution in [0.3, 0.4) is 0 Å². The fourth-order valence-electron chi connectivity index (χ4n) is 8.14. The van der Waals surface area contributed by atoms with Gasteiger partial charge in [0.25, 0.3) is 0 Å². The molecule has 1 aliphatic carbocycles. The van der Waals surface area contributed by atoms with E-state index in [1.165, 1.54) is 20.2 Å². The fraction of sp³-hybridized carbons (Fsp3) is 0.0889. The second-order valence-corrected chi connectivity index (χ2v) is 14.5. The summed E-state index contributed by atoms with van der Waals surface area (Å²) < 4.78 is 15.8. The third kappa shape index (κ3) is 4.47. The number of hydrogen-bond acceptors (Lipinski definition) is 6. The van der Waals surface area contributed by atoms with Crippen molar-refractivity contribution in [2.45, 2.75) is 18.8 Å². The monoisotopic (exact) mass is 677 g/mol. The minimum atomic E-state index is -0.236. The molecule has 0 spiro atoms. The first-order chi connectivity index (χ1) is 25.3. The Kier molecular flexibility index (Phi) is 6.38. The van der Waals surface area contributed by atoms with Crippen molar-refractivity contribution in [2.75, 3.05) is 0 Å². The highest BCUT2D eigenvalue weighted by molar-refractivity contribution is 7.26. The zero-order chi connectivity index (χ0) is 33.5. The van der Waals surface area contributed by atoms with Gasteiger partial charge in [0.1, 0.15) is 40.5 Å². The molecule has 0 saturated heterocycles. The zero-order valence-corrected chi connectivity index (χ0v) is 28.3. The van der Waals surface area contributed by atoms with Crippen molar-refractivity contribution in [3.63, 3.8) is 0 Å². The highest BCUT2D eigenvalue weighted by atomic mass is 32.1. The molecule has 51 heavy (non-hydrogen) atoms. The molecule has 0 bridgehead atoms. The molecule has 2 aliphatic rings. The van der Waals surface area contributed by atoms with E-state index in [4.69, 9.17) is 13.8 Å². The highest BCUT2D eigenvalue weighted by Gasteiger charge is 2.31. The number of nitrogens with one attached hydrogen (secondary N) is 2. The minimum absolute atomic E-state index is 0.126. The summed E-state index contributed by atoms with van der Waals surface area (Å²) in [5.41, 5.74) is 7.82. The molecule has 6 aromatic carbocycles. The molecule has 0 radical (unpaired) electrons. The predicted octanol–water partition coefficient (Wildman–Crippen LogP) is 11.6. The number of hydrogen-bond donors (Lipinski definition) is 2. The molecule has 1 aliphatic heterocycles. The first kappa shape index (κ1) is 28.8. The van der Waals surface area contributed by atoms with Crippen LogP contribution in [0.2, 0.25) is 0 Å². The lowest BCUT2D eigenvalue weighted by molar-refractivity contribution is 0.339. The Morgan fingerprint density at radius 3 is 2.24 bits per heavy atom. The lowest BCUT2D eigenvalue weighted by atomic mass is 9.95. The van der Waals surface area contributed by atoms with Crippen LogP contribution in [0, 0.1) is 5.92 Å². The molecule has 9 aromatic rings. The molecule has 3 atom stereocenters. The molecule has 0 saturated carbocycles. The quantitative estimate of drug-likeness (QED) is 0.195. The van der Waals surface area contributed by atoms with Crippen LogP contribution in [0.25, 0.3) is 75.2 Å². The van der Waals surface area contributed by atoms with Crippen molar-refractivity contribution < 1.29 is 8.83 Å². The summed E-state index contributed by atoms with van der Waals surface area (Å²) in [7, 11) is 0. The van der Waals surface area contributed by atoms with Gasteiger partial charge in [-0.1, -0.05) is 121 Å². The molecule has 5 nitrogen and oxygen atoms in total. The summed E-state index contributed by atoms with van der Waals surface area (Å²) in [6, 6.07) is 42.7. The summed E-state index contributed by atoms with van der Waals surface area (Å²) in [4.78, 5) is 5.37. The van der Waals surface area contributed by atoms with E-state index in [-0.39, 0.29) is 18.2 Å². The van der Waals surface area contributed by atoms with Crippen LogP contribution in [0.15, 0.2) is 159 Å². The van der Waals surface area contributed by atoms with Gasteiger partial charge in [0.15, 0.2) is 0 Å². The van der Waals surface area contributed by atoms with E-state index in [1.807, 2.05) is 29.5 Å². The standard InChI is InChI=1S/C45H31N3O2S/c1-2-12-26(13-3-1)43-46-44(48-45(47-43)35-22-10-20-32-27-14-5-7-25-38(27)51-42(32)35)34-21-9-19-31-30-18-8-17-29(40(30)50-41(31)34)28-16-11-24-37-39(28)33-15-4-6-23-36(33)49-37/h1-12,14-26,43-44,46H,13H2,(H,47,48). The van der Waals surface area contributed by atoms with Crippen molar-refractivity contribution in [1.29, 1.82) is 0 Å². The Hall–Kier alpha value is -5.95. The van der Waals surface area contributed by atoms with Crippen molar-refractivity contribution in [1.82, 2.24) is 10.6 Å². The van der Waals surface area contributed by atoms with E-state index in [1.54, 1.807) is 0 Å². The van der Waals surface area contributed by atoms with Crippen LogP contribution in [0.4, 0.5) is 0 Å². The molecule has 4 heterocycles. The van der Waals surface area contributed by atoms with E-state index < -0.39 is 0 Å². The van der Waals surface area contributed by atoms with Crippen LogP contribution >= 0.6 is 11.3 Å². The normalized spacial score (nSPS) is 19.1. The topological polar surface area (TPSA) is 62.7 Å². The van der Waals surface area contributed by atoms with Gasteiger partial charge in [0.05, 0.1) is 0 Å². The predicted molar refractivity (Wildman–Crippen MR) is 211 cm³/mol. The van der Waals surface area contributed by atoms with E-state index in [2.05, 4.69) is 138 Å². The second-order valence-electron chi connectivity index (χ2n) is 13.4. The van der Waals surface area contributed by atoms with Gasteiger partial charge in [0.2, 0.25) is 0 Å². The second kappa shape index (κ2) is 11.3. The van der Waals surface area contributed by atoms with Crippen molar-refractivity contribution >= 4 is 81.2 Å². The number of furan rings is 2. The number of benzene rings is 6. The average molecular weight is 678 g/mol. The molecule has 3 aromatic heterocycles. The van der Waals surface area contributed by atoms with Gasteiger partial charge in [-0.05, 0) is 36.2 Å². The first-order valence-corrected chi connectivity index (χ1v) is 18.3. The smallest absolute Gasteiger partial charge is 0.143 e. The average Bonchev–Trinajstić information content (AvgIpc) is 3.89. The van der Waals surface area contributed by atoms with Gasteiger partial charge >= 0.3 is 0 Å². The molecule has 0 amide bonds. The maximum Gasteiger partial charge on any atom is 0.143 e.